The van der Waals surface area contributed by atoms with Crippen LogP contribution in [0.25, 0.3) is 0 Å². The fraction of sp³-hybridized carbons (Fsp3) is 0.600. The van der Waals surface area contributed by atoms with Gasteiger partial charge >= 0.3 is 0 Å². The number of hydrogen-bond donors (Lipinski definition) is 1. The fourth-order valence-corrected chi connectivity index (χ4v) is 2.50. The Morgan fingerprint density at radius 2 is 1.78 bits per heavy atom. The normalized spacial score (nSPS) is 11.1. The lowest BCUT2D eigenvalue weighted by Gasteiger charge is -2.24. The molecule has 1 N–H and O–H groups in total. The summed E-state index contributed by atoms with van der Waals surface area (Å²) in [5, 5.41) is 3.35. The quantitative estimate of drug-likeness (QED) is 0.406. The maximum atomic E-state index is 11.9. The lowest BCUT2D eigenvalue weighted by Crippen LogP contribution is -2.40. The number of ether oxygens (including phenoxy) is 2. The second-order valence-electron chi connectivity index (χ2n) is 6.70. The molecule has 0 spiro atoms. The van der Waals surface area contributed by atoms with Crippen LogP contribution in [0.1, 0.15) is 30.9 Å². The van der Waals surface area contributed by atoms with E-state index in [1.165, 1.54) is 0 Å². The van der Waals surface area contributed by atoms with Gasteiger partial charge in [-0.3, -0.25) is 4.79 Å². The van der Waals surface area contributed by atoms with Gasteiger partial charge in [-0.15, -0.1) is 0 Å². The van der Waals surface area contributed by atoms with Gasteiger partial charge in [0.2, 0.25) is 5.91 Å². The maximum absolute atomic E-state index is 11.9. The van der Waals surface area contributed by atoms with Crippen molar-refractivity contribution in [1.82, 2.24) is 15.1 Å². The Kier molecular flexibility index (Phi) is 9.47. The summed E-state index contributed by atoms with van der Waals surface area (Å²) in [4.78, 5) is 20.0. The number of nitrogens with one attached hydrogen (secondary N) is 1. The van der Waals surface area contributed by atoms with Crippen LogP contribution in [0.4, 0.5) is 0 Å². The van der Waals surface area contributed by atoms with Crippen molar-refractivity contribution in [2.45, 2.75) is 33.2 Å². The Morgan fingerprint density at radius 3 is 2.33 bits per heavy atom. The van der Waals surface area contributed by atoms with Crippen molar-refractivity contribution in [3.8, 4) is 11.5 Å². The molecular weight excluding hydrogens is 344 g/mol. The predicted molar refractivity (Wildman–Crippen MR) is 110 cm³/mol. The molecule has 0 aliphatic rings. The van der Waals surface area contributed by atoms with Gasteiger partial charge in [0, 0.05) is 34.2 Å². The van der Waals surface area contributed by atoms with Crippen molar-refractivity contribution in [2.75, 3.05) is 48.5 Å². The monoisotopic (exact) mass is 378 g/mol. The second-order valence-corrected chi connectivity index (χ2v) is 6.70. The number of guanidine groups is 1. The van der Waals surface area contributed by atoms with Crippen LogP contribution >= 0.6 is 0 Å². The number of benzene rings is 1. The maximum Gasteiger partial charge on any atom is 0.243 e. The van der Waals surface area contributed by atoms with Crippen LogP contribution in [0.2, 0.25) is 0 Å². The highest BCUT2D eigenvalue weighted by atomic mass is 16.5. The van der Waals surface area contributed by atoms with E-state index in [2.05, 4.69) is 17.2 Å². The second kappa shape index (κ2) is 11.3. The van der Waals surface area contributed by atoms with Crippen molar-refractivity contribution < 1.29 is 14.3 Å². The number of methoxy groups -OCH3 is 2. The molecule has 27 heavy (non-hydrogen) atoms. The molecule has 7 nitrogen and oxygen atoms in total. The molecule has 0 saturated heterocycles. The molecule has 0 aromatic heterocycles. The van der Waals surface area contributed by atoms with Crippen molar-refractivity contribution in [1.29, 1.82) is 0 Å². The Morgan fingerprint density at radius 1 is 1.15 bits per heavy atom. The minimum absolute atomic E-state index is 0.0273. The molecule has 0 bridgehead atoms. The van der Waals surface area contributed by atoms with Gasteiger partial charge in [0.05, 0.1) is 14.2 Å². The minimum Gasteiger partial charge on any atom is -0.493 e. The molecule has 0 atom stereocenters. The van der Waals surface area contributed by atoms with Crippen molar-refractivity contribution >= 4 is 11.9 Å². The van der Waals surface area contributed by atoms with Crippen LogP contribution in [-0.2, 0) is 11.3 Å². The predicted octanol–water partition coefficient (Wildman–Crippen LogP) is 2.28. The average Bonchev–Trinajstić information content (AvgIpc) is 2.65. The van der Waals surface area contributed by atoms with E-state index in [9.17, 15) is 4.79 Å². The van der Waals surface area contributed by atoms with Crippen molar-refractivity contribution in [3.05, 3.63) is 23.3 Å². The van der Waals surface area contributed by atoms with Gasteiger partial charge in [-0.1, -0.05) is 13.3 Å². The number of nitrogens with zero attached hydrogens (tertiary/aromatic N) is 3. The summed E-state index contributed by atoms with van der Waals surface area (Å²) >= 11 is 0. The molecule has 0 fully saturated rings. The Labute approximate surface area is 163 Å². The van der Waals surface area contributed by atoms with E-state index in [1.807, 2.05) is 31.0 Å². The van der Waals surface area contributed by atoms with E-state index in [1.54, 1.807) is 33.2 Å². The zero-order chi connectivity index (χ0) is 20.4. The third kappa shape index (κ3) is 7.00. The third-order valence-corrected chi connectivity index (χ3v) is 4.29. The molecule has 1 amide bonds. The van der Waals surface area contributed by atoms with Crippen LogP contribution < -0.4 is 14.8 Å². The first-order valence-corrected chi connectivity index (χ1v) is 9.25. The molecule has 7 heteroatoms. The van der Waals surface area contributed by atoms with E-state index < -0.39 is 0 Å². The van der Waals surface area contributed by atoms with Crippen LogP contribution in [0.3, 0.4) is 0 Å². The SMILES string of the molecule is CCCCNC(=NCC(=O)N(C)C)N(C)Cc1cc(OC)c(OC)cc1C. The zero-order valence-corrected chi connectivity index (χ0v) is 17.8. The summed E-state index contributed by atoms with van der Waals surface area (Å²) in [6.07, 6.45) is 2.14. The van der Waals surface area contributed by atoms with Gasteiger partial charge < -0.3 is 24.6 Å². The van der Waals surface area contributed by atoms with E-state index in [0.717, 1.165) is 30.5 Å². The Hall–Kier alpha value is -2.44. The molecule has 0 heterocycles. The Bertz CT molecular complexity index is 644. The first-order valence-electron chi connectivity index (χ1n) is 9.25. The number of aryl methyl sites for hydroxylation is 1. The van der Waals surface area contributed by atoms with Gasteiger partial charge in [0.25, 0.3) is 0 Å². The van der Waals surface area contributed by atoms with E-state index in [4.69, 9.17) is 9.47 Å². The van der Waals surface area contributed by atoms with Gasteiger partial charge in [0.15, 0.2) is 17.5 Å². The molecule has 0 aliphatic heterocycles. The molecule has 1 aromatic carbocycles. The van der Waals surface area contributed by atoms with Crippen LogP contribution in [-0.4, -0.2) is 70.1 Å². The number of aliphatic imine (C=N–C) groups is 1. The minimum atomic E-state index is -0.0273. The highest BCUT2D eigenvalue weighted by Gasteiger charge is 2.13. The summed E-state index contributed by atoms with van der Waals surface area (Å²) in [6.45, 7) is 5.77. The number of unbranched alkanes of at least 4 members (excludes halogenated alkanes) is 1. The third-order valence-electron chi connectivity index (χ3n) is 4.29. The van der Waals surface area contributed by atoms with Crippen LogP contribution in [0, 0.1) is 6.92 Å². The number of carbonyl (C=O) groups excluding carboxylic acids is 1. The fourth-order valence-electron chi connectivity index (χ4n) is 2.50. The lowest BCUT2D eigenvalue weighted by atomic mass is 10.1. The highest BCUT2D eigenvalue weighted by molar-refractivity contribution is 5.84. The van der Waals surface area contributed by atoms with Crippen molar-refractivity contribution in [2.24, 2.45) is 4.99 Å². The molecule has 0 saturated carbocycles. The first-order chi connectivity index (χ1) is 12.8. The summed E-state index contributed by atoms with van der Waals surface area (Å²) in [5.74, 6) is 2.10. The van der Waals surface area contributed by atoms with Gasteiger partial charge in [-0.2, -0.15) is 0 Å². The summed E-state index contributed by atoms with van der Waals surface area (Å²) in [6, 6.07) is 3.96. The molecule has 0 unspecified atom stereocenters. The zero-order valence-electron chi connectivity index (χ0n) is 17.8. The van der Waals surface area contributed by atoms with Crippen molar-refractivity contribution in [3.63, 3.8) is 0 Å². The topological polar surface area (TPSA) is 66.4 Å². The highest BCUT2D eigenvalue weighted by Crippen LogP contribution is 2.30. The van der Waals surface area contributed by atoms with Gasteiger partial charge in [0.1, 0.15) is 6.54 Å². The Balaban J connectivity index is 2.99. The molecular formula is C20H34N4O3. The lowest BCUT2D eigenvalue weighted by molar-refractivity contribution is -0.127. The molecule has 1 aromatic rings. The number of hydrogen-bond acceptors (Lipinski definition) is 4. The van der Waals surface area contributed by atoms with Gasteiger partial charge in [-0.25, -0.2) is 4.99 Å². The molecule has 1 rings (SSSR count). The number of amides is 1. The van der Waals surface area contributed by atoms with E-state index in [0.29, 0.717) is 24.0 Å². The average molecular weight is 379 g/mol. The van der Waals surface area contributed by atoms with E-state index >= 15 is 0 Å². The number of carbonyl (C=O) groups is 1. The van der Waals surface area contributed by atoms with Crippen LogP contribution in [0.15, 0.2) is 17.1 Å². The summed E-state index contributed by atoms with van der Waals surface area (Å²) in [5.41, 5.74) is 2.22. The summed E-state index contributed by atoms with van der Waals surface area (Å²) < 4.78 is 10.8. The molecule has 0 radical (unpaired) electrons. The van der Waals surface area contributed by atoms with Crippen LogP contribution in [0.5, 0.6) is 11.5 Å². The summed E-state index contributed by atoms with van der Waals surface area (Å²) in [7, 11) is 8.70. The number of rotatable bonds is 9. The standard InChI is InChI=1S/C20H34N4O3/c1-8-9-10-21-20(22-13-19(25)23(3)4)24(5)14-16-12-18(27-7)17(26-6)11-15(16)2/h11-12H,8-10,13-14H2,1-7H3,(H,21,22). The smallest absolute Gasteiger partial charge is 0.243 e. The molecule has 0 aliphatic carbocycles. The van der Waals surface area contributed by atoms with E-state index in [-0.39, 0.29) is 12.5 Å². The first kappa shape index (κ1) is 22.6. The molecule has 152 valence electrons. The largest absolute Gasteiger partial charge is 0.493 e. The number of likely N-dealkylation sites (N-methyl/N-ethyl adjacent to an activating group) is 1. The van der Waals surface area contributed by atoms with Gasteiger partial charge in [-0.05, 0) is 36.6 Å².